The van der Waals surface area contributed by atoms with Crippen LogP contribution < -0.4 is 5.73 Å². The van der Waals surface area contributed by atoms with Gasteiger partial charge in [-0.1, -0.05) is 6.07 Å². The number of nitrogens with two attached hydrogens (primary N) is 1. The van der Waals surface area contributed by atoms with Crippen LogP contribution in [0.3, 0.4) is 0 Å². The molecule has 5 nitrogen and oxygen atoms in total. The number of aromatic nitrogens is 1. The van der Waals surface area contributed by atoms with Gasteiger partial charge in [-0.25, -0.2) is 4.79 Å². The predicted octanol–water partition coefficient (Wildman–Crippen LogP) is 2.65. The Morgan fingerprint density at radius 3 is 2.68 bits per heavy atom. The number of fused-ring (bicyclic) bond motifs is 1. The van der Waals surface area contributed by atoms with E-state index in [0.717, 1.165) is 25.0 Å². The van der Waals surface area contributed by atoms with Gasteiger partial charge in [-0.3, -0.25) is 4.98 Å². The van der Waals surface area contributed by atoms with E-state index in [1.807, 2.05) is 33.0 Å². The topological polar surface area (TPSA) is 68.5 Å². The summed E-state index contributed by atoms with van der Waals surface area (Å²) < 4.78 is 5.46. The summed E-state index contributed by atoms with van der Waals surface area (Å²) in [6.07, 6.45) is 4.38. The van der Waals surface area contributed by atoms with E-state index in [1.165, 1.54) is 5.56 Å². The molecule has 5 heteroatoms. The second kappa shape index (κ2) is 5.23. The van der Waals surface area contributed by atoms with E-state index >= 15 is 0 Å². The van der Waals surface area contributed by atoms with Crippen molar-refractivity contribution in [3.05, 3.63) is 29.6 Å². The van der Waals surface area contributed by atoms with Gasteiger partial charge in [0.15, 0.2) is 0 Å². The van der Waals surface area contributed by atoms with Crippen molar-refractivity contribution in [3.8, 4) is 0 Å². The third-order valence-electron chi connectivity index (χ3n) is 4.83. The van der Waals surface area contributed by atoms with Gasteiger partial charge in [0.1, 0.15) is 5.60 Å². The molecule has 1 fully saturated rings. The molecule has 0 saturated carbocycles. The van der Waals surface area contributed by atoms with Gasteiger partial charge in [-0.2, -0.15) is 0 Å². The number of hydrogen-bond acceptors (Lipinski definition) is 4. The Hall–Kier alpha value is -1.62. The molecule has 1 aliphatic heterocycles. The van der Waals surface area contributed by atoms with E-state index in [2.05, 4.69) is 11.1 Å². The number of carbonyl (C=O) groups excluding carboxylic acids is 1. The first kappa shape index (κ1) is 15.3. The SMILES string of the molecule is CC(C)(C)OC(=O)N1CCC2(CC1)Cc1cccnc1C2N. The highest BCUT2D eigenvalue weighted by Crippen LogP contribution is 2.49. The molecule has 1 atom stereocenters. The molecule has 3 rings (SSSR count). The molecule has 1 aromatic rings. The maximum absolute atomic E-state index is 12.2. The summed E-state index contributed by atoms with van der Waals surface area (Å²) in [5.41, 5.74) is 8.38. The lowest BCUT2D eigenvalue weighted by molar-refractivity contribution is 0.00788. The number of carbonyl (C=O) groups is 1. The number of rotatable bonds is 0. The number of likely N-dealkylation sites (tertiary alicyclic amines) is 1. The highest BCUT2D eigenvalue weighted by molar-refractivity contribution is 5.68. The van der Waals surface area contributed by atoms with Gasteiger partial charge in [0.05, 0.1) is 11.7 Å². The molecule has 120 valence electrons. The third-order valence-corrected chi connectivity index (χ3v) is 4.83. The Labute approximate surface area is 131 Å². The van der Waals surface area contributed by atoms with Crippen LogP contribution in [0.5, 0.6) is 0 Å². The first-order valence-electron chi connectivity index (χ1n) is 7.98. The lowest BCUT2D eigenvalue weighted by atomic mass is 9.73. The summed E-state index contributed by atoms with van der Waals surface area (Å²) in [5.74, 6) is 0. The Morgan fingerprint density at radius 2 is 2.09 bits per heavy atom. The zero-order chi connectivity index (χ0) is 16.0. The summed E-state index contributed by atoms with van der Waals surface area (Å²) in [6, 6.07) is 4.07. The van der Waals surface area contributed by atoms with E-state index in [4.69, 9.17) is 10.5 Å². The predicted molar refractivity (Wildman–Crippen MR) is 84.3 cm³/mol. The standard InChI is InChI=1S/C17H25N3O2/c1-16(2,3)22-15(21)20-9-6-17(7-10-20)11-12-5-4-8-19-13(12)14(17)18/h4-5,8,14H,6-7,9-11,18H2,1-3H3. The molecule has 1 amide bonds. The fourth-order valence-corrected chi connectivity index (χ4v) is 3.61. The Balaban J connectivity index is 1.67. The van der Waals surface area contributed by atoms with Gasteiger partial charge >= 0.3 is 6.09 Å². The average Bonchev–Trinajstić information content (AvgIpc) is 2.71. The van der Waals surface area contributed by atoms with Gasteiger partial charge in [0.25, 0.3) is 0 Å². The van der Waals surface area contributed by atoms with Gasteiger partial charge in [-0.15, -0.1) is 0 Å². The summed E-state index contributed by atoms with van der Waals surface area (Å²) in [6.45, 7) is 7.09. The molecule has 2 aliphatic rings. The van der Waals surface area contributed by atoms with E-state index in [9.17, 15) is 4.79 Å². The van der Waals surface area contributed by atoms with Crippen molar-refractivity contribution in [1.82, 2.24) is 9.88 Å². The van der Waals surface area contributed by atoms with Crippen LogP contribution in [0.15, 0.2) is 18.3 Å². The van der Waals surface area contributed by atoms with Crippen LogP contribution in [0.2, 0.25) is 0 Å². The minimum absolute atomic E-state index is 0.0236. The van der Waals surface area contributed by atoms with E-state index in [-0.39, 0.29) is 17.6 Å². The summed E-state index contributed by atoms with van der Waals surface area (Å²) >= 11 is 0. The zero-order valence-electron chi connectivity index (χ0n) is 13.6. The minimum atomic E-state index is -0.448. The molecular weight excluding hydrogens is 278 g/mol. The largest absolute Gasteiger partial charge is 0.444 e. The van der Waals surface area contributed by atoms with Crippen molar-refractivity contribution >= 4 is 6.09 Å². The number of ether oxygens (including phenoxy) is 1. The van der Waals surface area contributed by atoms with Crippen LogP contribution in [-0.2, 0) is 11.2 Å². The number of pyridine rings is 1. The highest BCUT2D eigenvalue weighted by atomic mass is 16.6. The van der Waals surface area contributed by atoms with Gasteiger partial charge in [0, 0.05) is 19.3 Å². The molecule has 2 N–H and O–H groups in total. The maximum Gasteiger partial charge on any atom is 0.410 e. The summed E-state index contributed by atoms with van der Waals surface area (Å²) in [4.78, 5) is 18.4. The summed E-state index contributed by atoms with van der Waals surface area (Å²) in [7, 11) is 0. The highest BCUT2D eigenvalue weighted by Gasteiger charge is 2.47. The molecule has 1 saturated heterocycles. The van der Waals surface area contributed by atoms with Crippen molar-refractivity contribution in [3.63, 3.8) is 0 Å². The van der Waals surface area contributed by atoms with Crippen molar-refractivity contribution < 1.29 is 9.53 Å². The van der Waals surface area contributed by atoms with Crippen molar-refractivity contribution in [2.24, 2.45) is 11.1 Å². The fraction of sp³-hybridized carbons (Fsp3) is 0.647. The third kappa shape index (κ3) is 2.70. The minimum Gasteiger partial charge on any atom is -0.444 e. The average molecular weight is 303 g/mol. The molecule has 0 bridgehead atoms. The van der Waals surface area contributed by atoms with Crippen molar-refractivity contribution in [1.29, 1.82) is 0 Å². The molecule has 22 heavy (non-hydrogen) atoms. The smallest absolute Gasteiger partial charge is 0.410 e. The van der Waals surface area contributed by atoms with Crippen LogP contribution in [0.25, 0.3) is 0 Å². The van der Waals surface area contributed by atoms with Gasteiger partial charge in [-0.05, 0) is 57.1 Å². The van der Waals surface area contributed by atoms with E-state index in [0.29, 0.717) is 13.1 Å². The number of piperidine rings is 1. The first-order valence-corrected chi connectivity index (χ1v) is 7.98. The Morgan fingerprint density at radius 1 is 1.41 bits per heavy atom. The Bertz CT molecular complexity index is 572. The monoisotopic (exact) mass is 303 g/mol. The van der Waals surface area contributed by atoms with Gasteiger partial charge < -0.3 is 15.4 Å². The fourth-order valence-electron chi connectivity index (χ4n) is 3.61. The lowest BCUT2D eigenvalue weighted by Crippen LogP contribution is -2.47. The number of nitrogens with zero attached hydrogens (tertiary/aromatic N) is 2. The van der Waals surface area contributed by atoms with Gasteiger partial charge in [0.2, 0.25) is 0 Å². The molecule has 0 aromatic carbocycles. The second-order valence-electron chi connectivity index (χ2n) is 7.53. The first-order chi connectivity index (χ1) is 10.3. The second-order valence-corrected chi connectivity index (χ2v) is 7.53. The lowest BCUT2D eigenvalue weighted by Gasteiger charge is -2.42. The van der Waals surface area contributed by atoms with Crippen LogP contribution >= 0.6 is 0 Å². The molecule has 0 radical (unpaired) electrons. The molecule has 1 spiro atoms. The van der Waals surface area contributed by atoms with Crippen molar-refractivity contribution in [2.75, 3.05) is 13.1 Å². The normalized spacial score (nSPS) is 23.5. The van der Waals surface area contributed by atoms with E-state index in [1.54, 1.807) is 4.90 Å². The summed E-state index contributed by atoms with van der Waals surface area (Å²) in [5, 5.41) is 0. The zero-order valence-corrected chi connectivity index (χ0v) is 13.6. The van der Waals surface area contributed by atoms with Crippen LogP contribution in [-0.4, -0.2) is 34.7 Å². The number of amides is 1. The maximum atomic E-state index is 12.2. The van der Waals surface area contributed by atoms with Crippen molar-refractivity contribution in [2.45, 2.75) is 51.7 Å². The quantitative estimate of drug-likeness (QED) is 0.800. The van der Waals surface area contributed by atoms with Crippen LogP contribution in [0, 0.1) is 5.41 Å². The Kier molecular flexibility index (Phi) is 3.63. The van der Waals surface area contributed by atoms with Crippen LogP contribution in [0.1, 0.15) is 50.9 Å². The van der Waals surface area contributed by atoms with E-state index < -0.39 is 5.60 Å². The number of hydrogen-bond donors (Lipinski definition) is 1. The molecule has 1 aliphatic carbocycles. The molecular formula is C17H25N3O2. The molecule has 1 unspecified atom stereocenters. The molecule has 2 heterocycles. The van der Waals surface area contributed by atoms with Crippen LogP contribution in [0.4, 0.5) is 4.79 Å². The molecule has 1 aromatic heterocycles.